The lowest BCUT2D eigenvalue weighted by atomic mass is 9.94. The third-order valence-electron chi connectivity index (χ3n) is 3.24. The van der Waals surface area contributed by atoms with Gasteiger partial charge in [-0.3, -0.25) is 0 Å². The predicted octanol–water partition coefficient (Wildman–Crippen LogP) is 2.49. The van der Waals surface area contributed by atoms with Crippen molar-refractivity contribution in [3.63, 3.8) is 0 Å². The highest BCUT2D eigenvalue weighted by atomic mass is 16.6. The smallest absolute Gasteiger partial charge is 0.410 e. The Morgan fingerprint density at radius 2 is 2.19 bits per heavy atom. The zero-order valence-electron chi connectivity index (χ0n) is 12.5. The molecule has 1 aromatic heterocycles. The summed E-state index contributed by atoms with van der Waals surface area (Å²) in [5.74, 6) is -0.955. The molecule has 116 valence electrons. The molecule has 7 nitrogen and oxygen atoms in total. The van der Waals surface area contributed by atoms with Crippen LogP contribution >= 0.6 is 0 Å². The van der Waals surface area contributed by atoms with Crippen LogP contribution in [0.4, 0.5) is 4.79 Å². The van der Waals surface area contributed by atoms with E-state index in [0.717, 1.165) is 19.2 Å². The Morgan fingerprint density at radius 1 is 1.48 bits per heavy atom. The summed E-state index contributed by atoms with van der Waals surface area (Å²) < 4.78 is 10.6. The van der Waals surface area contributed by atoms with Gasteiger partial charge in [-0.2, -0.15) is 0 Å². The minimum Gasteiger partial charge on any atom is -0.476 e. The fourth-order valence-corrected chi connectivity index (χ4v) is 2.39. The highest BCUT2D eigenvalue weighted by Gasteiger charge is 2.32. The van der Waals surface area contributed by atoms with E-state index in [1.54, 1.807) is 4.90 Å². The van der Waals surface area contributed by atoms with E-state index in [0.29, 0.717) is 18.8 Å². The van der Waals surface area contributed by atoms with Crippen molar-refractivity contribution in [1.82, 2.24) is 9.88 Å². The van der Waals surface area contributed by atoms with Gasteiger partial charge < -0.3 is 19.2 Å². The Hall–Kier alpha value is -2.05. The minimum absolute atomic E-state index is 0.0777. The maximum atomic E-state index is 12.1. The summed E-state index contributed by atoms with van der Waals surface area (Å²) >= 11 is 0. The topological polar surface area (TPSA) is 92.9 Å². The second-order valence-electron chi connectivity index (χ2n) is 6.14. The standard InChI is InChI=1S/C14H20N2O5/c1-14(2,3)21-13(19)16-6-4-5-9(7-16)11-10(12(17)18)15-8-20-11/h8-9H,4-7H2,1-3H3,(H,17,18). The molecular weight excluding hydrogens is 276 g/mol. The Kier molecular flexibility index (Phi) is 4.20. The lowest BCUT2D eigenvalue weighted by molar-refractivity contribution is 0.0192. The monoisotopic (exact) mass is 296 g/mol. The van der Waals surface area contributed by atoms with Crippen LogP contribution in [-0.4, -0.2) is 45.7 Å². The Bertz CT molecular complexity index is 532. The van der Waals surface area contributed by atoms with Crippen molar-refractivity contribution in [3.8, 4) is 0 Å². The number of rotatable bonds is 2. The van der Waals surface area contributed by atoms with E-state index >= 15 is 0 Å². The van der Waals surface area contributed by atoms with E-state index in [9.17, 15) is 9.59 Å². The van der Waals surface area contributed by atoms with Gasteiger partial charge in [-0.05, 0) is 33.6 Å². The average molecular weight is 296 g/mol. The molecule has 21 heavy (non-hydrogen) atoms. The summed E-state index contributed by atoms with van der Waals surface area (Å²) in [7, 11) is 0. The van der Waals surface area contributed by atoms with Crippen LogP contribution in [0.3, 0.4) is 0 Å². The Balaban J connectivity index is 2.09. The van der Waals surface area contributed by atoms with Gasteiger partial charge in [0, 0.05) is 19.0 Å². The third-order valence-corrected chi connectivity index (χ3v) is 3.24. The molecule has 1 unspecified atom stereocenters. The first-order valence-corrected chi connectivity index (χ1v) is 6.92. The van der Waals surface area contributed by atoms with Crippen LogP contribution in [0.5, 0.6) is 0 Å². The van der Waals surface area contributed by atoms with Crippen LogP contribution in [-0.2, 0) is 4.74 Å². The van der Waals surface area contributed by atoms with Crippen molar-refractivity contribution in [2.24, 2.45) is 0 Å². The first-order chi connectivity index (χ1) is 9.78. The molecule has 0 bridgehead atoms. The lowest BCUT2D eigenvalue weighted by Crippen LogP contribution is -2.42. The number of piperidine rings is 1. The molecule has 1 aliphatic rings. The summed E-state index contributed by atoms with van der Waals surface area (Å²) in [6.07, 6.45) is 2.27. The number of hydrogen-bond acceptors (Lipinski definition) is 5. The average Bonchev–Trinajstić information content (AvgIpc) is 2.86. The number of oxazole rings is 1. The van der Waals surface area contributed by atoms with E-state index in [-0.39, 0.29) is 17.7 Å². The van der Waals surface area contributed by atoms with Crippen molar-refractivity contribution in [2.75, 3.05) is 13.1 Å². The number of ether oxygens (including phenoxy) is 1. The number of aromatic carboxylic acids is 1. The molecule has 0 saturated carbocycles. The Labute approximate surface area is 122 Å². The van der Waals surface area contributed by atoms with Crippen LogP contribution in [0.15, 0.2) is 10.8 Å². The molecule has 0 aliphatic carbocycles. The molecule has 7 heteroatoms. The SMILES string of the molecule is CC(C)(C)OC(=O)N1CCCC(c2ocnc2C(=O)O)C1. The van der Waals surface area contributed by atoms with Crippen LogP contribution in [0.1, 0.15) is 55.8 Å². The molecule has 0 spiro atoms. The van der Waals surface area contributed by atoms with Gasteiger partial charge in [0.2, 0.25) is 0 Å². The highest BCUT2D eigenvalue weighted by Crippen LogP contribution is 2.29. The highest BCUT2D eigenvalue weighted by molar-refractivity contribution is 5.86. The first kappa shape index (κ1) is 15.3. The molecule has 1 aliphatic heterocycles. The fraction of sp³-hybridized carbons (Fsp3) is 0.643. The second-order valence-corrected chi connectivity index (χ2v) is 6.14. The van der Waals surface area contributed by atoms with E-state index in [1.807, 2.05) is 20.8 Å². The predicted molar refractivity (Wildman–Crippen MR) is 73.2 cm³/mol. The number of amides is 1. The van der Waals surface area contributed by atoms with E-state index < -0.39 is 11.6 Å². The minimum atomic E-state index is -1.12. The molecule has 0 aromatic carbocycles. The van der Waals surface area contributed by atoms with E-state index in [1.165, 1.54) is 0 Å². The number of nitrogens with zero attached hydrogens (tertiary/aromatic N) is 2. The first-order valence-electron chi connectivity index (χ1n) is 6.92. The maximum Gasteiger partial charge on any atom is 0.410 e. The van der Waals surface area contributed by atoms with Crippen LogP contribution < -0.4 is 0 Å². The summed E-state index contributed by atoms with van der Waals surface area (Å²) in [5.41, 5.74) is -0.631. The number of carbonyl (C=O) groups is 2. The number of aromatic nitrogens is 1. The normalized spacial score (nSPS) is 19.4. The van der Waals surface area contributed by atoms with Gasteiger partial charge >= 0.3 is 12.1 Å². The van der Waals surface area contributed by atoms with Crippen molar-refractivity contribution >= 4 is 12.1 Å². The van der Waals surface area contributed by atoms with Crippen molar-refractivity contribution in [2.45, 2.75) is 45.1 Å². The number of likely N-dealkylation sites (tertiary alicyclic amines) is 1. The van der Waals surface area contributed by atoms with Crippen LogP contribution in [0, 0.1) is 0 Å². The van der Waals surface area contributed by atoms with E-state index in [4.69, 9.17) is 14.3 Å². The molecule has 0 radical (unpaired) electrons. The maximum absolute atomic E-state index is 12.1. The van der Waals surface area contributed by atoms with Gasteiger partial charge in [0.1, 0.15) is 11.4 Å². The van der Waals surface area contributed by atoms with Gasteiger partial charge in [0.15, 0.2) is 12.1 Å². The number of carboxylic acid groups (broad SMARTS) is 1. The molecule has 1 fully saturated rings. The molecule has 1 saturated heterocycles. The largest absolute Gasteiger partial charge is 0.476 e. The van der Waals surface area contributed by atoms with Gasteiger partial charge in [-0.25, -0.2) is 14.6 Å². The van der Waals surface area contributed by atoms with Crippen molar-refractivity contribution in [3.05, 3.63) is 17.8 Å². The number of carbonyl (C=O) groups excluding carboxylic acids is 1. The van der Waals surface area contributed by atoms with Crippen molar-refractivity contribution in [1.29, 1.82) is 0 Å². The van der Waals surface area contributed by atoms with Gasteiger partial charge in [-0.15, -0.1) is 0 Å². The van der Waals surface area contributed by atoms with E-state index in [2.05, 4.69) is 4.98 Å². The van der Waals surface area contributed by atoms with Gasteiger partial charge in [0.05, 0.1) is 0 Å². The third kappa shape index (κ3) is 3.74. The number of hydrogen-bond donors (Lipinski definition) is 1. The number of carboxylic acids is 1. The molecule has 1 aromatic rings. The lowest BCUT2D eigenvalue weighted by Gasteiger charge is -2.33. The van der Waals surface area contributed by atoms with Crippen molar-refractivity contribution < 1.29 is 23.8 Å². The Morgan fingerprint density at radius 3 is 2.81 bits per heavy atom. The quantitative estimate of drug-likeness (QED) is 0.901. The van der Waals surface area contributed by atoms with Crippen LogP contribution in [0.2, 0.25) is 0 Å². The molecule has 2 heterocycles. The summed E-state index contributed by atoms with van der Waals surface area (Å²) in [6.45, 7) is 6.41. The molecule has 1 N–H and O–H groups in total. The van der Waals surface area contributed by atoms with Gasteiger partial charge in [-0.1, -0.05) is 0 Å². The summed E-state index contributed by atoms with van der Waals surface area (Å²) in [4.78, 5) is 28.5. The summed E-state index contributed by atoms with van der Waals surface area (Å²) in [5, 5.41) is 9.09. The zero-order valence-corrected chi connectivity index (χ0v) is 12.5. The van der Waals surface area contributed by atoms with Gasteiger partial charge in [0.25, 0.3) is 0 Å². The molecule has 1 atom stereocenters. The molecule has 2 rings (SSSR count). The second kappa shape index (κ2) is 5.75. The zero-order chi connectivity index (χ0) is 15.6. The molecule has 1 amide bonds. The molecular formula is C14H20N2O5. The van der Waals surface area contributed by atoms with Crippen LogP contribution in [0.25, 0.3) is 0 Å². The summed E-state index contributed by atoms with van der Waals surface area (Å²) in [6, 6.07) is 0. The fourth-order valence-electron chi connectivity index (χ4n) is 2.39.